The van der Waals surface area contributed by atoms with E-state index in [1.807, 2.05) is 48.7 Å². The Morgan fingerprint density at radius 2 is 1.96 bits per heavy atom. The average molecular weight is 355 g/mol. The van der Waals surface area contributed by atoms with E-state index in [0.717, 1.165) is 16.0 Å². The lowest BCUT2D eigenvalue weighted by Gasteiger charge is -2.18. The van der Waals surface area contributed by atoms with Gasteiger partial charge in [0.15, 0.2) is 6.61 Å². The Kier molecular flexibility index (Phi) is 5.46. The van der Waals surface area contributed by atoms with Gasteiger partial charge in [-0.15, -0.1) is 11.3 Å². The lowest BCUT2D eigenvalue weighted by molar-refractivity contribution is -0.123. The number of thiophene rings is 1. The molecule has 128 valence electrons. The van der Waals surface area contributed by atoms with Crippen LogP contribution in [0.3, 0.4) is 0 Å². The van der Waals surface area contributed by atoms with Gasteiger partial charge in [-0.05, 0) is 36.1 Å². The summed E-state index contributed by atoms with van der Waals surface area (Å²) >= 11 is 1.58. The maximum absolute atomic E-state index is 13.2. The van der Waals surface area contributed by atoms with Crippen LogP contribution in [-0.2, 0) is 4.79 Å². The van der Waals surface area contributed by atoms with Crippen molar-refractivity contribution in [1.82, 2.24) is 5.32 Å². The van der Waals surface area contributed by atoms with Gasteiger partial charge in [-0.2, -0.15) is 0 Å². The van der Waals surface area contributed by atoms with Crippen molar-refractivity contribution < 1.29 is 13.9 Å². The van der Waals surface area contributed by atoms with Crippen molar-refractivity contribution in [3.8, 4) is 5.75 Å². The third kappa shape index (κ3) is 4.67. The van der Waals surface area contributed by atoms with Crippen molar-refractivity contribution >= 4 is 17.2 Å². The van der Waals surface area contributed by atoms with E-state index in [0.29, 0.717) is 5.75 Å². The topological polar surface area (TPSA) is 38.3 Å². The number of carbonyl (C=O) groups is 1. The largest absolute Gasteiger partial charge is 0.484 e. The third-order valence-electron chi connectivity index (χ3n) is 3.71. The number of benzene rings is 2. The molecule has 25 heavy (non-hydrogen) atoms. The van der Waals surface area contributed by atoms with E-state index in [-0.39, 0.29) is 18.6 Å². The van der Waals surface area contributed by atoms with Gasteiger partial charge in [0.25, 0.3) is 5.91 Å². The Labute approximate surface area is 150 Å². The minimum Gasteiger partial charge on any atom is -0.484 e. The van der Waals surface area contributed by atoms with Crippen LogP contribution in [0.5, 0.6) is 5.75 Å². The van der Waals surface area contributed by atoms with E-state index in [1.165, 1.54) is 12.1 Å². The Bertz CT molecular complexity index is 831. The van der Waals surface area contributed by atoms with Crippen LogP contribution >= 0.6 is 11.3 Å². The molecule has 0 fully saturated rings. The first kappa shape index (κ1) is 17.2. The molecule has 3 rings (SSSR count). The summed E-state index contributed by atoms with van der Waals surface area (Å²) in [6.07, 6.45) is 0. The fourth-order valence-corrected chi connectivity index (χ4v) is 3.24. The van der Waals surface area contributed by atoms with Crippen LogP contribution in [0.4, 0.5) is 4.39 Å². The van der Waals surface area contributed by atoms with Crippen LogP contribution in [0.2, 0.25) is 0 Å². The quantitative estimate of drug-likeness (QED) is 0.708. The Balaban J connectivity index is 1.69. The monoisotopic (exact) mass is 355 g/mol. The first-order valence-electron chi connectivity index (χ1n) is 7.89. The van der Waals surface area contributed by atoms with Gasteiger partial charge in [0.1, 0.15) is 11.6 Å². The van der Waals surface area contributed by atoms with E-state index >= 15 is 0 Å². The number of aryl methyl sites for hydroxylation is 1. The Morgan fingerprint density at radius 3 is 2.64 bits per heavy atom. The Morgan fingerprint density at radius 1 is 1.16 bits per heavy atom. The molecule has 2 aromatic carbocycles. The van der Waals surface area contributed by atoms with E-state index in [4.69, 9.17) is 4.74 Å². The van der Waals surface area contributed by atoms with E-state index in [9.17, 15) is 9.18 Å². The molecule has 0 radical (unpaired) electrons. The number of hydrogen-bond donors (Lipinski definition) is 1. The second kappa shape index (κ2) is 7.94. The molecule has 0 aliphatic carbocycles. The molecule has 1 heterocycles. The summed E-state index contributed by atoms with van der Waals surface area (Å²) < 4.78 is 18.5. The number of halogens is 1. The third-order valence-corrected chi connectivity index (χ3v) is 4.65. The van der Waals surface area contributed by atoms with Crippen molar-refractivity contribution in [3.63, 3.8) is 0 Å². The van der Waals surface area contributed by atoms with E-state index in [1.54, 1.807) is 23.5 Å². The predicted octanol–water partition coefficient (Wildman–Crippen LogP) is 4.48. The summed E-state index contributed by atoms with van der Waals surface area (Å²) in [6, 6.07) is 17.5. The standard InChI is InChI=1S/C20H18FNO2S/c1-14-7-9-15(10-8-14)20(18-6-3-11-25-18)22-19(23)13-24-17-5-2-4-16(21)12-17/h2-12,20H,13H2,1H3,(H,22,23). The summed E-state index contributed by atoms with van der Waals surface area (Å²) in [5.74, 6) is -0.324. The summed E-state index contributed by atoms with van der Waals surface area (Å²) in [5.41, 5.74) is 2.17. The lowest BCUT2D eigenvalue weighted by Crippen LogP contribution is -2.32. The molecule has 1 N–H and O–H groups in total. The first-order chi connectivity index (χ1) is 12.1. The van der Waals surface area contributed by atoms with E-state index < -0.39 is 5.82 Å². The summed E-state index contributed by atoms with van der Waals surface area (Å²) in [5, 5.41) is 4.97. The van der Waals surface area contributed by atoms with Gasteiger partial charge in [-0.3, -0.25) is 4.79 Å². The van der Waals surface area contributed by atoms with Crippen LogP contribution in [0.25, 0.3) is 0 Å². The summed E-state index contributed by atoms with van der Waals surface area (Å²) in [6.45, 7) is 1.85. The zero-order valence-corrected chi connectivity index (χ0v) is 14.6. The molecule has 1 aromatic heterocycles. The minimum absolute atomic E-state index is 0.169. The number of amides is 1. The van der Waals surface area contributed by atoms with Crippen LogP contribution in [0, 0.1) is 12.7 Å². The average Bonchev–Trinajstić information content (AvgIpc) is 3.13. The van der Waals surface area contributed by atoms with E-state index in [2.05, 4.69) is 5.32 Å². The highest BCUT2D eigenvalue weighted by Gasteiger charge is 2.18. The maximum Gasteiger partial charge on any atom is 0.258 e. The molecule has 1 amide bonds. The molecule has 0 spiro atoms. The highest BCUT2D eigenvalue weighted by molar-refractivity contribution is 7.10. The highest BCUT2D eigenvalue weighted by Crippen LogP contribution is 2.26. The van der Waals surface area contributed by atoms with Crippen molar-refractivity contribution in [1.29, 1.82) is 0 Å². The highest BCUT2D eigenvalue weighted by atomic mass is 32.1. The fourth-order valence-electron chi connectivity index (χ4n) is 2.44. The smallest absolute Gasteiger partial charge is 0.258 e. The normalized spacial score (nSPS) is 11.8. The summed E-state index contributed by atoms with van der Waals surface area (Å²) in [4.78, 5) is 13.4. The van der Waals surface area contributed by atoms with Crippen molar-refractivity contribution in [2.24, 2.45) is 0 Å². The van der Waals surface area contributed by atoms with Crippen LogP contribution in [-0.4, -0.2) is 12.5 Å². The second-order valence-corrected chi connectivity index (χ2v) is 6.65. The van der Waals surface area contributed by atoms with Gasteiger partial charge in [-0.25, -0.2) is 4.39 Å². The van der Waals surface area contributed by atoms with Gasteiger partial charge in [0, 0.05) is 10.9 Å². The molecular formula is C20H18FNO2S. The number of ether oxygens (including phenoxy) is 1. The zero-order chi connectivity index (χ0) is 17.6. The molecular weight excluding hydrogens is 337 g/mol. The number of carbonyl (C=O) groups excluding carboxylic acids is 1. The van der Waals surface area contributed by atoms with Gasteiger partial charge >= 0.3 is 0 Å². The second-order valence-electron chi connectivity index (χ2n) is 5.67. The first-order valence-corrected chi connectivity index (χ1v) is 8.77. The van der Waals surface area contributed by atoms with Gasteiger partial charge < -0.3 is 10.1 Å². The molecule has 0 aliphatic rings. The van der Waals surface area contributed by atoms with Crippen molar-refractivity contribution in [3.05, 3.63) is 87.9 Å². The SMILES string of the molecule is Cc1ccc(C(NC(=O)COc2cccc(F)c2)c2cccs2)cc1. The van der Waals surface area contributed by atoms with Crippen LogP contribution in [0.1, 0.15) is 22.0 Å². The van der Waals surface area contributed by atoms with Crippen LogP contribution < -0.4 is 10.1 Å². The lowest BCUT2D eigenvalue weighted by atomic mass is 10.0. The molecule has 3 nitrogen and oxygen atoms in total. The molecule has 5 heteroatoms. The molecule has 1 atom stereocenters. The van der Waals surface area contributed by atoms with Crippen molar-refractivity contribution in [2.45, 2.75) is 13.0 Å². The molecule has 3 aromatic rings. The molecule has 0 saturated carbocycles. The maximum atomic E-state index is 13.2. The number of nitrogens with one attached hydrogen (secondary N) is 1. The fraction of sp³-hybridized carbons (Fsp3) is 0.150. The molecule has 1 unspecified atom stereocenters. The zero-order valence-electron chi connectivity index (χ0n) is 13.7. The van der Waals surface area contributed by atoms with Crippen molar-refractivity contribution in [2.75, 3.05) is 6.61 Å². The summed E-state index contributed by atoms with van der Waals surface area (Å²) in [7, 11) is 0. The van der Waals surface area contributed by atoms with Gasteiger partial charge in [-0.1, -0.05) is 42.0 Å². The molecule has 0 saturated heterocycles. The Hall–Kier alpha value is -2.66. The van der Waals surface area contributed by atoms with Gasteiger partial charge in [0.2, 0.25) is 0 Å². The number of hydrogen-bond acceptors (Lipinski definition) is 3. The molecule has 0 aliphatic heterocycles. The van der Waals surface area contributed by atoms with Crippen LogP contribution in [0.15, 0.2) is 66.0 Å². The molecule has 0 bridgehead atoms. The van der Waals surface area contributed by atoms with Gasteiger partial charge in [0.05, 0.1) is 6.04 Å². The number of rotatable bonds is 6. The minimum atomic E-state index is -0.394. The predicted molar refractivity (Wildman–Crippen MR) is 97.4 cm³/mol.